The predicted octanol–water partition coefficient (Wildman–Crippen LogP) is 1.41. The summed E-state index contributed by atoms with van der Waals surface area (Å²) < 4.78 is 0. The first-order chi connectivity index (χ1) is 16.3. The highest BCUT2D eigenvalue weighted by Crippen LogP contribution is 2.10. The number of hydrogen-bond acceptors (Lipinski definition) is 6. The second-order valence-electron chi connectivity index (χ2n) is 7.73. The molecule has 0 aliphatic rings. The summed E-state index contributed by atoms with van der Waals surface area (Å²) in [5.41, 5.74) is 2.46. The number of rotatable bonds is 10. The Morgan fingerprint density at radius 2 is 1.47 bits per heavy atom. The Morgan fingerprint density at radius 3 is 1.94 bits per heavy atom. The lowest BCUT2D eigenvalue weighted by Crippen LogP contribution is -2.48. The largest absolute Gasteiger partial charge is 0.391 e. The van der Waals surface area contributed by atoms with Crippen LogP contribution in [0.15, 0.2) is 48.5 Å². The number of anilines is 1. The van der Waals surface area contributed by atoms with Crippen LogP contribution in [-0.4, -0.2) is 71.1 Å². The molecule has 0 aliphatic heterocycles. The first-order valence-electron chi connectivity index (χ1n) is 11.1. The molecule has 0 aliphatic carbocycles. The van der Waals surface area contributed by atoms with Crippen molar-refractivity contribution in [1.29, 1.82) is 0 Å². The molecule has 0 spiro atoms. The molecular formula is C26H31N3O5. The van der Waals surface area contributed by atoms with Gasteiger partial charge in [0.05, 0.1) is 12.6 Å². The van der Waals surface area contributed by atoms with E-state index in [9.17, 15) is 19.5 Å². The molecule has 0 heterocycles. The van der Waals surface area contributed by atoms with Crippen LogP contribution in [0.25, 0.3) is 0 Å². The third-order valence-corrected chi connectivity index (χ3v) is 5.20. The molecule has 8 nitrogen and oxygen atoms in total. The second kappa shape index (κ2) is 13.3. The van der Waals surface area contributed by atoms with Crippen molar-refractivity contribution in [2.75, 3.05) is 31.6 Å². The average molecular weight is 466 g/mol. The summed E-state index contributed by atoms with van der Waals surface area (Å²) >= 11 is 0. The van der Waals surface area contributed by atoms with Crippen LogP contribution in [0.5, 0.6) is 0 Å². The normalized spacial score (nSPS) is 12.3. The molecular weight excluding hydrogens is 434 g/mol. The molecule has 0 saturated heterocycles. The van der Waals surface area contributed by atoms with Gasteiger partial charge < -0.3 is 20.8 Å². The average Bonchev–Trinajstić information content (AvgIpc) is 2.84. The number of amides is 2. The molecule has 4 N–H and O–H groups in total. The highest BCUT2D eigenvalue weighted by molar-refractivity contribution is 5.98. The summed E-state index contributed by atoms with van der Waals surface area (Å²) in [5, 5.41) is 23.9. The minimum atomic E-state index is -1.18. The SMILES string of the molecule is CCN(CC)CC(=O)Nc1ccc(C#Cc2ccc(C(=O)N[C@H](C(=O)CO)[C@@H](C)O)cc2)cc1. The van der Waals surface area contributed by atoms with Gasteiger partial charge in [-0.15, -0.1) is 0 Å². The fourth-order valence-electron chi connectivity index (χ4n) is 3.13. The number of nitrogens with zero attached hydrogens (tertiary/aromatic N) is 1. The van der Waals surface area contributed by atoms with Gasteiger partial charge in [-0.1, -0.05) is 25.7 Å². The van der Waals surface area contributed by atoms with Crippen molar-refractivity contribution >= 4 is 23.3 Å². The number of likely N-dealkylation sites (N-methyl/N-ethyl adjacent to an activating group) is 1. The maximum Gasteiger partial charge on any atom is 0.251 e. The zero-order valence-electron chi connectivity index (χ0n) is 19.7. The molecule has 0 saturated carbocycles. The van der Waals surface area contributed by atoms with E-state index in [1.165, 1.54) is 6.92 Å². The van der Waals surface area contributed by atoms with Gasteiger partial charge in [-0.25, -0.2) is 0 Å². The number of Topliss-reactive ketones (excluding diaryl/α,β-unsaturated/α-hetero) is 1. The van der Waals surface area contributed by atoms with E-state index in [1.807, 2.05) is 30.9 Å². The van der Waals surface area contributed by atoms with Gasteiger partial charge in [0.2, 0.25) is 5.91 Å². The fourth-order valence-corrected chi connectivity index (χ4v) is 3.13. The fraction of sp³-hybridized carbons (Fsp3) is 0.346. The monoisotopic (exact) mass is 465 g/mol. The molecule has 2 aromatic carbocycles. The Balaban J connectivity index is 1.98. The Morgan fingerprint density at radius 1 is 0.941 bits per heavy atom. The highest BCUT2D eigenvalue weighted by atomic mass is 16.3. The quantitative estimate of drug-likeness (QED) is 0.394. The first kappa shape index (κ1) is 26.7. The number of carbonyl (C=O) groups excluding carboxylic acids is 3. The summed E-state index contributed by atoms with van der Waals surface area (Å²) in [6.07, 6.45) is -1.13. The van der Waals surface area contributed by atoms with Crippen LogP contribution < -0.4 is 10.6 Å². The molecule has 8 heteroatoms. The van der Waals surface area contributed by atoms with Gasteiger partial charge in [0.15, 0.2) is 5.78 Å². The molecule has 34 heavy (non-hydrogen) atoms. The number of aliphatic hydroxyl groups excluding tert-OH is 2. The van der Waals surface area contributed by atoms with Crippen LogP contribution in [0.3, 0.4) is 0 Å². The van der Waals surface area contributed by atoms with Crippen molar-refractivity contribution in [3.63, 3.8) is 0 Å². The summed E-state index contributed by atoms with van der Waals surface area (Å²) in [6, 6.07) is 12.5. The van der Waals surface area contributed by atoms with Gasteiger partial charge in [-0.3, -0.25) is 19.3 Å². The van der Waals surface area contributed by atoms with Crippen molar-refractivity contribution in [1.82, 2.24) is 10.2 Å². The van der Waals surface area contributed by atoms with Crippen molar-refractivity contribution in [3.8, 4) is 11.8 Å². The number of aliphatic hydroxyl groups is 2. The molecule has 0 unspecified atom stereocenters. The van der Waals surface area contributed by atoms with Crippen molar-refractivity contribution < 1.29 is 24.6 Å². The Hall–Kier alpha value is -3.51. The molecule has 2 atom stereocenters. The van der Waals surface area contributed by atoms with Gasteiger partial charge in [0.1, 0.15) is 12.6 Å². The predicted molar refractivity (Wildman–Crippen MR) is 130 cm³/mol. The number of ketones is 1. The van der Waals surface area contributed by atoms with Crippen LogP contribution in [0.4, 0.5) is 5.69 Å². The maximum atomic E-state index is 12.3. The zero-order chi connectivity index (χ0) is 25.1. The summed E-state index contributed by atoms with van der Waals surface area (Å²) in [4.78, 5) is 38.2. The van der Waals surface area contributed by atoms with Crippen molar-refractivity contribution in [2.24, 2.45) is 0 Å². The minimum Gasteiger partial charge on any atom is -0.391 e. The number of carbonyl (C=O) groups is 3. The Labute approximate surface area is 200 Å². The van der Waals surface area contributed by atoms with E-state index in [0.29, 0.717) is 23.4 Å². The van der Waals surface area contributed by atoms with Crippen molar-refractivity contribution in [3.05, 3.63) is 65.2 Å². The lowest BCUT2D eigenvalue weighted by atomic mass is 10.1. The summed E-state index contributed by atoms with van der Waals surface area (Å²) in [7, 11) is 0. The van der Waals surface area contributed by atoms with E-state index in [4.69, 9.17) is 5.11 Å². The van der Waals surface area contributed by atoms with Gasteiger partial charge in [-0.05, 0) is 68.5 Å². The van der Waals surface area contributed by atoms with E-state index in [-0.39, 0.29) is 5.91 Å². The number of nitrogens with one attached hydrogen (secondary N) is 2. The molecule has 180 valence electrons. The summed E-state index contributed by atoms with van der Waals surface area (Å²) in [6.45, 7) is 6.60. The van der Waals surface area contributed by atoms with Crippen LogP contribution in [0.2, 0.25) is 0 Å². The van der Waals surface area contributed by atoms with Crippen LogP contribution in [0.1, 0.15) is 42.3 Å². The lowest BCUT2D eigenvalue weighted by Gasteiger charge is -2.19. The lowest BCUT2D eigenvalue weighted by molar-refractivity contribution is -0.126. The Bertz CT molecular complexity index is 1030. The van der Waals surface area contributed by atoms with E-state index in [2.05, 4.69) is 22.5 Å². The van der Waals surface area contributed by atoms with E-state index in [1.54, 1.807) is 36.4 Å². The van der Waals surface area contributed by atoms with Crippen LogP contribution in [0, 0.1) is 11.8 Å². The van der Waals surface area contributed by atoms with Gasteiger partial charge >= 0.3 is 0 Å². The number of hydrogen-bond donors (Lipinski definition) is 4. The zero-order valence-corrected chi connectivity index (χ0v) is 19.7. The van der Waals surface area contributed by atoms with Gasteiger partial charge in [0.25, 0.3) is 5.91 Å². The topological polar surface area (TPSA) is 119 Å². The van der Waals surface area contributed by atoms with E-state index < -0.39 is 30.4 Å². The molecule has 0 radical (unpaired) electrons. The van der Waals surface area contributed by atoms with Crippen molar-refractivity contribution in [2.45, 2.75) is 32.9 Å². The first-order valence-corrected chi connectivity index (χ1v) is 11.1. The molecule has 0 bridgehead atoms. The van der Waals surface area contributed by atoms with E-state index >= 15 is 0 Å². The van der Waals surface area contributed by atoms with Gasteiger partial charge in [0, 0.05) is 22.4 Å². The number of benzene rings is 2. The molecule has 0 fully saturated rings. The summed E-state index contributed by atoms with van der Waals surface area (Å²) in [5.74, 6) is 4.78. The standard InChI is InChI=1S/C26H31N3O5/c1-4-29(5-2)16-24(33)27-22-14-10-20(11-15-22)7-6-19-8-12-21(13-9-19)26(34)28-25(18(3)31)23(32)17-30/h8-15,18,25,30-31H,4-5,16-17H2,1-3H3,(H,27,33)(H,28,34)/t18-,25+/m1/s1. The smallest absolute Gasteiger partial charge is 0.251 e. The minimum absolute atomic E-state index is 0.0628. The Kier molecular flexibility index (Phi) is 10.4. The third-order valence-electron chi connectivity index (χ3n) is 5.20. The second-order valence-corrected chi connectivity index (χ2v) is 7.73. The molecule has 2 rings (SSSR count). The van der Waals surface area contributed by atoms with Crippen LogP contribution >= 0.6 is 0 Å². The van der Waals surface area contributed by atoms with Crippen LogP contribution in [-0.2, 0) is 9.59 Å². The molecule has 2 amide bonds. The molecule has 2 aromatic rings. The third kappa shape index (κ3) is 8.12. The van der Waals surface area contributed by atoms with E-state index in [0.717, 1.165) is 18.7 Å². The van der Waals surface area contributed by atoms with Gasteiger partial charge in [-0.2, -0.15) is 0 Å². The maximum absolute atomic E-state index is 12.3. The molecule has 0 aromatic heterocycles. The highest BCUT2D eigenvalue weighted by Gasteiger charge is 2.25.